The first-order valence-electron chi connectivity index (χ1n) is 13.1. The summed E-state index contributed by atoms with van der Waals surface area (Å²) in [6.45, 7) is 3.76. The van der Waals surface area contributed by atoms with E-state index in [1.54, 1.807) is 12.1 Å². The Balaban J connectivity index is 1.11. The average Bonchev–Trinajstić information content (AvgIpc) is 2.93. The maximum absolute atomic E-state index is 12.7. The first kappa shape index (κ1) is 27.0. The maximum Gasteiger partial charge on any atom is 0.255 e. The second kappa shape index (κ2) is 12.9. The molecule has 37 heavy (non-hydrogen) atoms. The number of carbonyl (C=O) groups excluding carboxylic acids is 2. The lowest BCUT2D eigenvalue weighted by Gasteiger charge is -2.32. The number of benzene rings is 3. The van der Waals surface area contributed by atoms with Gasteiger partial charge in [0.15, 0.2) is 5.78 Å². The molecule has 1 saturated heterocycles. The lowest BCUT2D eigenvalue weighted by molar-refractivity contribution is 0.0932. The summed E-state index contributed by atoms with van der Waals surface area (Å²) in [5, 5.41) is 5.65. The number of nitrogens with zero attached hydrogens (tertiary/aromatic N) is 1. The molecule has 1 aliphatic rings. The lowest BCUT2D eigenvalue weighted by atomic mass is 9.96. The molecule has 196 valence electrons. The molecule has 0 atom stereocenters. The van der Waals surface area contributed by atoms with Gasteiger partial charge in [0.05, 0.1) is 23.4 Å². The third-order valence-corrected chi connectivity index (χ3v) is 7.60. The smallest absolute Gasteiger partial charge is 0.255 e. The van der Waals surface area contributed by atoms with E-state index in [1.165, 1.54) is 7.11 Å². The number of nitrogen functional groups attached to an aromatic ring is 1. The van der Waals surface area contributed by atoms with Gasteiger partial charge in [-0.25, -0.2) is 0 Å². The molecule has 0 saturated carbocycles. The van der Waals surface area contributed by atoms with Crippen LogP contribution in [-0.4, -0.2) is 49.9 Å². The molecule has 1 amide bonds. The predicted octanol–water partition coefficient (Wildman–Crippen LogP) is 5.97. The summed E-state index contributed by atoms with van der Waals surface area (Å²) < 4.78 is 5.29. The average molecular weight is 522 g/mol. The van der Waals surface area contributed by atoms with Gasteiger partial charge >= 0.3 is 0 Å². The summed E-state index contributed by atoms with van der Waals surface area (Å²) in [5.74, 6) is 0.912. The highest BCUT2D eigenvalue weighted by Gasteiger charge is 2.21. The number of hydrogen-bond acceptors (Lipinski definition) is 5. The van der Waals surface area contributed by atoms with Gasteiger partial charge in [-0.3, -0.25) is 9.59 Å². The number of methoxy groups -OCH3 is 1. The molecule has 0 unspecified atom stereocenters. The van der Waals surface area contributed by atoms with Gasteiger partial charge in [0.25, 0.3) is 5.91 Å². The van der Waals surface area contributed by atoms with E-state index in [0.29, 0.717) is 40.9 Å². The molecule has 1 fully saturated rings. The fourth-order valence-electron chi connectivity index (χ4n) is 4.97. The van der Waals surface area contributed by atoms with E-state index in [0.717, 1.165) is 68.1 Å². The van der Waals surface area contributed by atoms with Crippen molar-refractivity contribution in [3.05, 3.63) is 70.7 Å². The van der Waals surface area contributed by atoms with Crippen LogP contribution in [0.25, 0.3) is 10.8 Å². The van der Waals surface area contributed by atoms with E-state index in [4.69, 9.17) is 22.1 Å². The molecular weight excluding hydrogens is 486 g/mol. The van der Waals surface area contributed by atoms with Crippen molar-refractivity contribution >= 4 is 39.8 Å². The SMILES string of the molecule is COc1cc(N)c(Cl)cc1C(=O)NCC1CCN(CCCCCC(=O)c2ccc3ccccc3c2)CC1. The van der Waals surface area contributed by atoms with Crippen molar-refractivity contribution in [2.75, 3.05) is 39.0 Å². The number of ketones is 1. The Morgan fingerprint density at radius 3 is 2.54 bits per heavy atom. The minimum atomic E-state index is -0.195. The van der Waals surface area contributed by atoms with Crippen LogP contribution in [0.2, 0.25) is 5.02 Å². The number of likely N-dealkylation sites (tertiary alicyclic amines) is 1. The number of nitrogens with two attached hydrogens (primary N) is 1. The van der Waals surface area contributed by atoms with Crippen molar-refractivity contribution in [3.63, 3.8) is 0 Å². The molecule has 3 aromatic rings. The Bertz CT molecular complexity index is 1240. The third-order valence-electron chi connectivity index (χ3n) is 7.27. The second-order valence-electron chi connectivity index (χ2n) is 9.86. The summed E-state index contributed by atoms with van der Waals surface area (Å²) in [6, 6.07) is 17.3. The molecule has 1 aliphatic heterocycles. The first-order valence-corrected chi connectivity index (χ1v) is 13.5. The first-order chi connectivity index (χ1) is 17.9. The molecule has 0 aromatic heterocycles. The zero-order valence-electron chi connectivity index (χ0n) is 21.5. The number of fused-ring (bicyclic) bond motifs is 1. The van der Waals surface area contributed by atoms with Gasteiger partial charge in [-0.2, -0.15) is 0 Å². The topological polar surface area (TPSA) is 84.7 Å². The summed E-state index contributed by atoms with van der Waals surface area (Å²) in [5.41, 5.74) is 7.41. The lowest BCUT2D eigenvalue weighted by Crippen LogP contribution is -2.39. The number of rotatable bonds is 11. The summed E-state index contributed by atoms with van der Waals surface area (Å²) in [7, 11) is 1.51. The zero-order chi connectivity index (χ0) is 26.2. The van der Waals surface area contributed by atoms with E-state index in [-0.39, 0.29) is 11.7 Å². The number of ether oxygens (including phenoxy) is 1. The predicted molar refractivity (Wildman–Crippen MR) is 151 cm³/mol. The summed E-state index contributed by atoms with van der Waals surface area (Å²) >= 11 is 6.09. The number of nitrogens with one attached hydrogen (secondary N) is 1. The normalized spacial score (nSPS) is 14.5. The maximum atomic E-state index is 12.7. The van der Waals surface area contributed by atoms with Crippen molar-refractivity contribution < 1.29 is 14.3 Å². The van der Waals surface area contributed by atoms with Crippen molar-refractivity contribution in [1.29, 1.82) is 0 Å². The highest BCUT2D eigenvalue weighted by molar-refractivity contribution is 6.33. The largest absolute Gasteiger partial charge is 0.496 e. The highest BCUT2D eigenvalue weighted by atomic mass is 35.5. The number of halogens is 1. The van der Waals surface area contributed by atoms with Gasteiger partial charge in [0, 0.05) is 24.6 Å². The van der Waals surface area contributed by atoms with Crippen LogP contribution in [0.3, 0.4) is 0 Å². The van der Waals surface area contributed by atoms with Gasteiger partial charge in [-0.1, -0.05) is 54.4 Å². The fraction of sp³-hybridized carbons (Fsp3) is 0.400. The molecule has 1 heterocycles. The molecule has 7 heteroatoms. The minimum absolute atomic E-state index is 0.195. The van der Waals surface area contributed by atoms with Gasteiger partial charge in [-0.15, -0.1) is 0 Å². The number of carbonyl (C=O) groups is 2. The molecule has 0 radical (unpaired) electrons. The molecule has 0 spiro atoms. The standard InChI is InChI=1S/C30H36ClN3O3/c1-37-29-19-27(32)26(31)18-25(29)30(36)33-20-21-12-15-34(16-13-21)14-6-2-3-9-28(35)24-11-10-22-7-4-5-8-23(22)17-24/h4-5,7-8,10-11,17-19,21H,2-3,6,9,12-16,20,32H2,1H3,(H,33,36). The number of hydrogen-bond donors (Lipinski definition) is 2. The Morgan fingerprint density at radius 2 is 1.78 bits per heavy atom. The highest BCUT2D eigenvalue weighted by Crippen LogP contribution is 2.29. The molecule has 6 nitrogen and oxygen atoms in total. The van der Waals surface area contributed by atoms with Crippen LogP contribution in [0.5, 0.6) is 5.75 Å². The summed E-state index contributed by atoms with van der Waals surface area (Å²) in [6.07, 6.45) is 5.79. The monoisotopic (exact) mass is 521 g/mol. The van der Waals surface area contributed by atoms with Gasteiger partial charge in [-0.05, 0) is 74.1 Å². The number of Topliss-reactive ketones (excluding diaryl/α,β-unsaturated/α-hetero) is 1. The Kier molecular flexibility index (Phi) is 9.42. The van der Waals surface area contributed by atoms with Crippen molar-refractivity contribution in [2.45, 2.75) is 38.5 Å². The van der Waals surface area contributed by atoms with E-state index < -0.39 is 0 Å². The van der Waals surface area contributed by atoms with E-state index in [2.05, 4.69) is 22.3 Å². The van der Waals surface area contributed by atoms with Gasteiger partial charge in [0.2, 0.25) is 0 Å². The second-order valence-corrected chi connectivity index (χ2v) is 10.3. The fourth-order valence-corrected chi connectivity index (χ4v) is 5.13. The van der Waals surface area contributed by atoms with Crippen molar-refractivity contribution in [1.82, 2.24) is 10.2 Å². The van der Waals surface area contributed by atoms with Gasteiger partial charge in [0.1, 0.15) is 5.75 Å². The molecule has 4 rings (SSSR count). The molecule has 3 aromatic carbocycles. The van der Waals surface area contributed by atoms with Crippen LogP contribution < -0.4 is 15.8 Å². The van der Waals surface area contributed by atoms with E-state index >= 15 is 0 Å². The van der Waals surface area contributed by atoms with E-state index in [1.807, 2.05) is 30.3 Å². The number of amides is 1. The molecular formula is C30H36ClN3O3. The van der Waals surface area contributed by atoms with Crippen molar-refractivity contribution in [2.24, 2.45) is 5.92 Å². The Morgan fingerprint density at radius 1 is 1.03 bits per heavy atom. The number of anilines is 1. The zero-order valence-corrected chi connectivity index (χ0v) is 22.2. The minimum Gasteiger partial charge on any atom is -0.496 e. The third kappa shape index (κ3) is 7.24. The number of unbranched alkanes of at least 4 members (excludes halogenated alkanes) is 2. The van der Waals surface area contributed by atoms with Crippen LogP contribution in [0.15, 0.2) is 54.6 Å². The summed E-state index contributed by atoms with van der Waals surface area (Å²) in [4.78, 5) is 27.8. The quantitative estimate of drug-likeness (QED) is 0.184. The van der Waals surface area contributed by atoms with Crippen LogP contribution in [0.4, 0.5) is 5.69 Å². The molecule has 3 N–H and O–H groups in total. The van der Waals surface area contributed by atoms with Crippen LogP contribution in [-0.2, 0) is 0 Å². The molecule has 0 aliphatic carbocycles. The van der Waals surface area contributed by atoms with Crippen molar-refractivity contribution in [3.8, 4) is 5.75 Å². The number of piperidine rings is 1. The van der Waals surface area contributed by atoms with E-state index in [9.17, 15) is 9.59 Å². The van der Waals surface area contributed by atoms with Crippen LogP contribution in [0, 0.1) is 5.92 Å². The Labute approximate surface area is 224 Å². The van der Waals surface area contributed by atoms with Crippen LogP contribution in [0.1, 0.15) is 59.2 Å². The van der Waals surface area contributed by atoms with Crippen LogP contribution >= 0.6 is 11.6 Å². The molecule has 0 bridgehead atoms. The Hall–Kier alpha value is -3.09. The van der Waals surface area contributed by atoms with Gasteiger partial charge < -0.3 is 20.7 Å².